The summed E-state index contributed by atoms with van der Waals surface area (Å²) in [6, 6.07) is 7.09. The summed E-state index contributed by atoms with van der Waals surface area (Å²) in [4.78, 5) is 42.4. The van der Waals surface area contributed by atoms with Crippen molar-refractivity contribution in [1.29, 1.82) is 0 Å². The van der Waals surface area contributed by atoms with E-state index < -0.39 is 0 Å². The van der Waals surface area contributed by atoms with Crippen LogP contribution in [0.4, 0.5) is 5.69 Å². The number of carbonyl (C=O) groups excluding carboxylic acids is 2. The van der Waals surface area contributed by atoms with Gasteiger partial charge in [-0.1, -0.05) is 6.07 Å². The molecule has 0 saturated heterocycles. The van der Waals surface area contributed by atoms with E-state index >= 15 is 0 Å². The average Bonchev–Trinajstić information content (AvgIpc) is 3.39. The lowest BCUT2D eigenvalue weighted by Gasteiger charge is -2.07. The zero-order chi connectivity index (χ0) is 19.1. The number of aromatic nitrogens is 2. The monoisotopic (exact) mass is 382 g/mol. The van der Waals surface area contributed by atoms with Crippen LogP contribution in [0.3, 0.4) is 0 Å². The van der Waals surface area contributed by atoms with Crippen molar-refractivity contribution in [1.82, 2.24) is 14.9 Å². The standard InChI is InChI=1S/C19H18N4O3S/c1-10-14-18(20-9-23(2)19(14)26)27-15(10)17(25)22-13-5-3-4-11(8-13)16(24)21-12-6-7-12/h3-5,8-9,12H,6-7H2,1-2H3,(H,21,24)(H,22,25). The maximum Gasteiger partial charge on any atom is 0.266 e. The lowest BCUT2D eigenvalue weighted by Crippen LogP contribution is -2.25. The predicted molar refractivity (Wildman–Crippen MR) is 104 cm³/mol. The first-order valence-electron chi connectivity index (χ1n) is 8.61. The number of nitrogens with one attached hydrogen (secondary N) is 2. The molecular formula is C19H18N4O3S. The molecule has 2 N–H and O–H groups in total. The highest BCUT2D eigenvalue weighted by Crippen LogP contribution is 2.27. The third-order valence-electron chi connectivity index (χ3n) is 4.51. The van der Waals surface area contributed by atoms with E-state index in [9.17, 15) is 14.4 Å². The summed E-state index contributed by atoms with van der Waals surface area (Å²) < 4.78 is 1.39. The van der Waals surface area contributed by atoms with Gasteiger partial charge in [-0.3, -0.25) is 14.4 Å². The van der Waals surface area contributed by atoms with Gasteiger partial charge in [-0.2, -0.15) is 0 Å². The van der Waals surface area contributed by atoms with Gasteiger partial charge in [0.15, 0.2) is 0 Å². The van der Waals surface area contributed by atoms with Gasteiger partial charge in [-0.15, -0.1) is 11.3 Å². The number of thiophene rings is 1. The molecule has 1 saturated carbocycles. The first-order valence-corrected chi connectivity index (χ1v) is 9.42. The molecule has 1 aromatic carbocycles. The Balaban J connectivity index is 1.60. The van der Waals surface area contributed by atoms with Gasteiger partial charge >= 0.3 is 0 Å². The molecule has 4 rings (SSSR count). The van der Waals surface area contributed by atoms with E-state index in [-0.39, 0.29) is 23.4 Å². The molecular weight excluding hydrogens is 364 g/mol. The van der Waals surface area contributed by atoms with Crippen LogP contribution in [-0.4, -0.2) is 27.4 Å². The van der Waals surface area contributed by atoms with Gasteiger partial charge < -0.3 is 15.2 Å². The van der Waals surface area contributed by atoms with Crippen LogP contribution < -0.4 is 16.2 Å². The number of carbonyl (C=O) groups is 2. The van der Waals surface area contributed by atoms with Crippen LogP contribution in [0.25, 0.3) is 10.2 Å². The Kier molecular flexibility index (Phi) is 4.27. The largest absolute Gasteiger partial charge is 0.349 e. The van der Waals surface area contributed by atoms with E-state index in [1.165, 1.54) is 22.2 Å². The second kappa shape index (κ2) is 6.62. The molecule has 3 aromatic rings. The number of nitrogens with zero attached hydrogens (tertiary/aromatic N) is 2. The second-order valence-corrected chi connectivity index (χ2v) is 7.68. The maximum absolute atomic E-state index is 12.7. The molecule has 7 nitrogen and oxygen atoms in total. The highest BCUT2D eigenvalue weighted by molar-refractivity contribution is 7.20. The number of rotatable bonds is 4. The molecule has 0 spiro atoms. The van der Waals surface area contributed by atoms with Gasteiger partial charge in [-0.05, 0) is 43.5 Å². The SMILES string of the molecule is Cc1c(C(=O)Nc2cccc(C(=O)NC3CC3)c2)sc2ncn(C)c(=O)c12. The molecule has 2 heterocycles. The van der Waals surface area contributed by atoms with Gasteiger partial charge in [0.25, 0.3) is 17.4 Å². The summed E-state index contributed by atoms with van der Waals surface area (Å²) in [5, 5.41) is 6.20. The number of aryl methyl sites for hydroxylation is 2. The molecule has 2 aromatic heterocycles. The van der Waals surface area contributed by atoms with Gasteiger partial charge in [0.05, 0.1) is 16.6 Å². The summed E-state index contributed by atoms with van der Waals surface area (Å²) in [7, 11) is 1.63. The minimum atomic E-state index is -0.322. The zero-order valence-corrected chi connectivity index (χ0v) is 15.7. The highest BCUT2D eigenvalue weighted by atomic mass is 32.1. The number of hydrogen-bond acceptors (Lipinski definition) is 5. The summed E-state index contributed by atoms with van der Waals surface area (Å²) >= 11 is 1.19. The maximum atomic E-state index is 12.7. The lowest BCUT2D eigenvalue weighted by atomic mass is 10.1. The van der Waals surface area contributed by atoms with Gasteiger partial charge in [-0.25, -0.2) is 4.98 Å². The number of anilines is 1. The lowest BCUT2D eigenvalue weighted by molar-refractivity contribution is 0.0949. The number of amides is 2. The van der Waals surface area contributed by atoms with E-state index in [0.29, 0.717) is 31.9 Å². The van der Waals surface area contributed by atoms with Crippen molar-refractivity contribution in [3.8, 4) is 0 Å². The highest BCUT2D eigenvalue weighted by Gasteiger charge is 2.24. The van der Waals surface area contributed by atoms with Crippen molar-refractivity contribution < 1.29 is 9.59 Å². The predicted octanol–water partition coefficient (Wildman–Crippen LogP) is 2.45. The third-order valence-corrected chi connectivity index (χ3v) is 5.71. The number of hydrogen-bond donors (Lipinski definition) is 2. The Morgan fingerprint density at radius 3 is 2.78 bits per heavy atom. The zero-order valence-electron chi connectivity index (χ0n) is 14.9. The Morgan fingerprint density at radius 2 is 2.04 bits per heavy atom. The van der Waals surface area contributed by atoms with Crippen molar-refractivity contribution in [3.05, 3.63) is 57.0 Å². The van der Waals surface area contributed by atoms with Crippen molar-refractivity contribution >= 4 is 39.1 Å². The summed E-state index contributed by atoms with van der Waals surface area (Å²) in [5.74, 6) is -0.461. The van der Waals surface area contributed by atoms with E-state index in [0.717, 1.165) is 12.8 Å². The average molecular weight is 382 g/mol. The molecule has 0 radical (unpaired) electrons. The Hall–Kier alpha value is -3.00. The van der Waals surface area contributed by atoms with Crippen LogP contribution in [0.2, 0.25) is 0 Å². The van der Waals surface area contributed by atoms with Crippen LogP contribution in [0.1, 0.15) is 38.4 Å². The van der Waals surface area contributed by atoms with E-state index in [1.54, 1.807) is 38.2 Å². The minimum absolute atomic E-state index is 0.140. The normalized spacial score (nSPS) is 13.6. The molecule has 138 valence electrons. The first-order chi connectivity index (χ1) is 12.9. The fourth-order valence-electron chi connectivity index (χ4n) is 2.85. The van der Waals surface area contributed by atoms with E-state index in [4.69, 9.17) is 0 Å². The van der Waals surface area contributed by atoms with Crippen LogP contribution in [-0.2, 0) is 7.05 Å². The van der Waals surface area contributed by atoms with Crippen molar-refractivity contribution in [2.75, 3.05) is 5.32 Å². The van der Waals surface area contributed by atoms with Crippen LogP contribution in [0, 0.1) is 6.92 Å². The van der Waals surface area contributed by atoms with E-state index in [2.05, 4.69) is 15.6 Å². The molecule has 1 aliphatic rings. The Bertz CT molecular complexity index is 1130. The summed E-state index contributed by atoms with van der Waals surface area (Å²) in [5.41, 5.74) is 1.47. The van der Waals surface area contributed by atoms with Gasteiger partial charge in [0.2, 0.25) is 0 Å². The summed E-state index contributed by atoms with van der Waals surface area (Å²) in [6.07, 6.45) is 3.48. The fraction of sp³-hybridized carbons (Fsp3) is 0.263. The number of benzene rings is 1. The fourth-order valence-corrected chi connectivity index (χ4v) is 3.88. The minimum Gasteiger partial charge on any atom is -0.349 e. The topological polar surface area (TPSA) is 93.1 Å². The summed E-state index contributed by atoms with van der Waals surface area (Å²) in [6.45, 7) is 1.75. The van der Waals surface area contributed by atoms with E-state index in [1.807, 2.05) is 0 Å². The molecule has 0 bridgehead atoms. The Morgan fingerprint density at radius 1 is 1.26 bits per heavy atom. The number of fused-ring (bicyclic) bond motifs is 1. The second-order valence-electron chi connectivity index (χ2n) is 6.68. The Labute approximate surface area is 159 Å². The molecule has 8 heteroatoms. The van der Waals surface area contributed by atoms with Crippen molar-refractivity contribution in [3.63, 3.8) is 0 Å². The molecule has 1 aliphatic carbocycles. The van der Waals surface area contributed by atoms with Crippen LogP contribution >= 0.6 is 11.3 Å². The third kappa shape index (κ3) is 3.35. The molecule has 27 heavy (non-hydrogen) atoms. The van der Waals surface area contributed by atoms with Crippen molar-refractivity contribution in [2.24, 2.45) is 7.05 Å². The first kappa shape index (κ1) is 17.4. The van der Waals surface area contributed by atoms with Crippen LogP contribution in [0.5, 0.6) is 0 Å². The molecule has 0 aliphatic heterocycles. The smallest absolute Gasteiger partial charge is 0.266 e. The molecule has 2 amide bonds. The quantitative estimate of drug-likeness (QED) is 0.725. The van der Waals surface area contributed by atoms with Gasteiger partial charge in [0, 0.05) is 24.3 Å². The van der Waals surface area contributed by atoms with Crippen LogP contribution in [0.15, 0.2) is 35.4 Å². The molecule has 0 unspecified atom stereocenters. The van der Waals surface area contributed by atoms with Gasteiger partial charge in [0.1, 0.15) is 4.83 Å². The molecule has 1 fully saturated rings. The van der Waals surface area contributed by atoms with Crippen molar-refractivity contribution in [2.45, 2.75) is 25.8 Å². The molecule has 0 atom stereocenters.